The summed E-state index contributed by atoms with van der Waals surface area (Å²) in [4.78, 5) is 0. The second kappa shape index (κ2) is 19.1. The van der Waals surface area contributed by atoms with Gasteiger partial charge in [0.2, 0.25) is 0 Å². The van der Waals surface area contributed by atoms with Crippen LogP contribution in [0.25, 0.3) is 33.4 Å². The van der Waals surface area contributed by atoms with E-state index in [1.165, 1.54) is 160 Å². The molecule has 4 N–H and O–H groups in total. The highest BCUT2D eigenvalue weighted by atomic mass is 14.5. The van der Waals surface area contributed by atoms with Crippen molar-refractivity contribution in [3.63, 3.8) is 0 Å². The van der Waals surface area contributed by atoms with Gasteiger partial charge in [-0.15, -0.1) is 0 Å². The first-order chi connectivity index (χ1) is 26.4. The maximum Gasteiger partial charge on any atom is 0.0215 e. The number of hydrogen-bond acceptors (Lipinski definition) is 2. The standard InChI is InChI=1S/C52H72N2/c1-5-7-9-15-29-51(30-16-10-8-6-2)47-35-39(3)21-25-43(47)45-27-23-41(37-49(45)51)42-24-28-46-44-26-22-40(4)36-48(44)52(50(46)38-42,31-17-11-13-19-33-53)32-18-12-14-20-34-54/h21-28,35-38H,5-20,29-34,53-54H2,1-4H3. The van der Waals surface area contributed by atoms with Gasteiger partial charge in [0.05, 0.1) is 0 Å². The normalized spacial score (nSPS) is 14.6. The van der Waals surface area contributed by atoms with E-state index in [4.69, 9.17) is 11.5 Å². The Morgan fingerprint density at radius 2 is 0.685 bits per heavy atom. The summed E-state index contributed by atoms with van der Waals surface area (Å²) in [6, 6.07) is 29.8. The molecule has 0 bridgehead atoms. The molecule has 0 aromatic heterocycles. The minimum atomic E-state index is 0.0466. The largest absolute Gasteiger partial charge is 0.330 e. The number of nitrogens with two attached hydrogens (primary N) is 2. The van der Waals surface area contributed by atoms with E-state index in [0.717, 1.165) is 25.9 Å². The minimum absolute atomic E-state index is 0.0466. The van der Waals surface area contributed by atoms with E-state index < -0.39 is 0 Å². The van der Waals surface area contributed by atoms with Crippen LogP contribution in [0.1, 0.15) is 176 Å². The highest BCUT2D eigenvalue weighted by Crippen LogP contribution is 2.57. The van der Waals surface area contributed by atoms with Gasteiger partial charge in [-0.1, -0.05) is 176 Å². The molecule has 2 heteroatoms. The molecule has 0 saturated carbocycles. The van der Waals surface area contributed by atoms with Gasteiger partial charge in [-0.3, -0.25) is 0 Å². The number of unbranched alkanes of at least 4 members (excludes halogenated alkanes) is 12. The first-order valence-electron chi connectivity index (χ1n) is 22.3. The summed E-state index contributed by atoms with van der Waals surface area (Å²) in [6.07, 6.45) is 25.1. The summed E-state index contributed by atoms with van der Waals surface area (Å²) in [5.41, 5.74) is 29.8. The average Bonchev–Trinajstić information content (AvgIpc) is 3.60. The second-order valence-corrected chi connectivity index (χ2v) is 17.3. The Balaban J connectivity index is 1.44. The molecule has 0 radical (unpaired) electrons. The van der Waals surface area contributed by atoms with Crippen molar-refractivity contribution >= 4 is 0 Å². The van der Waals surface area contributed by atoms with Crippen LogP contribution in [-0.4, -0.2) is 13.1 Å². The van der Waals surface area contributed by atoms with Crippen molar-refractivity contribution in [1.82, 2.24) is 0 Å². The smallest absolute Gasteiger partial charge is 0.0215 e. The summed E-state index contributed by atoms with van der Waals surface area (Å²) in [5.74, 6) is 0. The van der Waals surface area contributed by atoms with Gasteiger partial charge in [-0.05, 0) is 133 Å². The first-order valence-corrected chi connectivity index (χ1v) is 22.3. The van der Waals surface area contributed by atoms with E-state index in [0.29, 0.717) is 0 Å². The van der Waals surface area contributed by atoms with Crippen LogP contribution in [-0.2, 0) is 10.8 Å². The second-order valence-electron chi connectivity index (χ2n) is 17.3. The zero-order chi connectivity index (χ0) is 38.0. The molecule has 4 aromatic rings. The Hall–Kier alpha value is -3.20. The van der Waals surface area contributed by atoms with Gasteiger partial charge in [0.15, 0.2) is 0 Å². The predicted octanol–water partition coefficient (Wildman–Crippen LogP) is 14.3. The lowest BCUT2D eigenvalue weighted by molar-refractivity contribution is 0.400. The lowest BCUT2D eigenvalue weighted by Gasteiger charge is -2.34. The Bertz CT molecular complexity index is 1790. The van der Waals surface area contributed by atoms with Gasteiger partial charge in [-0.25, -0.2) is 0 Å². The van der Waals surface area contributed by atoms with E-state index in [1.54, 1.807) is 22.3 Å². The molecule has 0 amide bonds. The number of benzene rings is 4. The van der Waals surface area contributed by atoms with Crippen LogP contribution >= 0.6 is 0 Å². The van der Waals surface area contributed by atoms with Gasteiger partial charge in [0.1, 0.15) is 0 Å². The van der Waals surface area contributed by atoms with E-state index in [9.17, 15) is 0 Å². The fraction of sp³-hybridized carbons (Fsp3) is 0.538. The minimum Gasteiger partial charge on any atom is -0.330 e. The average molecular weight is 725 g/mol. The van der Waals surface area contributed by atoms with E-state index >= 15 is 0 Å². The third-order valence-corrected chi connectivity index (χ3v) is 13.4. The molecule has 0 aliphatic heterocycles. The maximum absolute atomic E-state index is 5.92. The van der Waals surface area contributed by atoms with Crippen LogP contribution in [0.15, 0.2) is 72.8 Å². The molecular formula is C52H72N2. The quantitative estimate of drug-likeness (QED) is 0.0748. The molecule has 2 nitrogen and oxygen atoms in total. The third kappa shape index (κ3) is 8.46. The van der Waals surface area contributed by atoms with Crippen LogP contribution in [0.5, 0.6) is 0 Å². The summed E-state index contributed by atoms with van der Waals surface area (Å²) >= 11 is 0. The Morgan fingerprint density at radius 3 is 1.04 bits per heavy atom. The third-order valence-electron chi connectivity index (χ3n) is 13.4. The van der Waals surface area contributed by atoms with E-state index in [2.05, 4.69) is 100 Å². The van der Waals surface area contributed by atoms with Crippen molar-refractivity contribution < 1.29 is 0 Å². The first kappa shape index (κ1) is 40.5. The number of rotatable bonds is 23. The summed E-state index contributed by atoms with van der Waals surface area (Å²) in [6.45, 7) is 10.8. The fourth-order valence-electron chi connectivity index (χ4n) is 10.5. The zero-order valence-electron chi connectivity index (χ0n) is 34.6. The maximum atomic E-state index is 5.92. The monoisotopic (exact) mass is 725 g/mol. The lowest BCUT2D eigenvalue weighted by atomic mass is 9.69. The molecule has 2 aliphatic carbocycles. The zero-order valence-corrected chi connectivity index (χ0v) is 34.6. The number of aryl methyl sites for hydroxylation is 2. The van der Waals surface area contributed by atoms with Gasteiger partial charge in [0.25, 0.3) is 0 Å². The molecule has 4 aromatic carbocycles. The number of hydrogen-bond donors (Lipinski definition) is 2. The van der Waals surface area contributed by atoms with Crippen molar-refractivity contribution in [3.05, 3.63) is 106 Å². The van der Waals surface area contributed by atoms with Gasteiger partial charge < -0.3 is 11.5 Å². The fourth-order valence-corrected chi connectivity index (χ4v) is 10.5. The highest BCUT2D eigenvalue weighted by molar-refractivity contribution is 5.87. The van der Waals surface area contributed by atoms with Crippen molar-refractivity contribution in [2.45, 2.75) is 167 Å². The molecule has 0 atom stereocenters. The summed E-state index contributed by atoms with van der Waals surface area (Å²) in [7, 11) is 0. The van der Waals surface area contributed by atoms with E-state index in [1.807, 2.05) is 0 Å². The van der Waals surface area contributed by atoms with Crippen LogP contribution in [0, 0.1) is 13.8 Å². The van der Waals surface area contributed by atoms with Crippen molar-refractivity contribution in [3.8, 4) is 33.4 Å². The molecule has 0 saturated heterocycles. The molecule has 0 unspecified atom stereocenters. The lowest BCUT2D eigenvalue weighted by Crippen LogP contribution is -2.26. The molecule has 0 heterocycles. The molecular weight excluding hydrogens is 653 g/mol. The topological polar surface area (TPSA) is 52.0 Å². The molecule has 0 spiro atoms. The predicted molar refractivity (Wildman–Crippen MR) is 236 cm³/mol. The molecule has 290 valence electrons. The molecule has 0 fully saturated rings. The Morgan fingerprint density at radius 1 is 0.370 bits per heavy atom. The Labute approximate surface area is 329 Å². The van der Waals surface area contributed by atoms with Crippen LogP contribution in [0.3, 0.4) is 0 Å². The van der Waals surface area contributed by atoms with Crippen molar-refractivity contribution in [2.24, 2.45) is 11.5 Å². The molecule has 6 rings (SSSR count). The van der Waals surface area contributed by atoms with Gasteiger partial charge in [-0.2, -0.15) is 0 Å². The van der Waals surface area contributed by atoms with Gasteiger partial charge >= 0.3 is 0 Å². The van der Waals surface area contributed by atoms with Crippen LogP contribution < -0.4 is 11.5 Å². The van der Waals surface area contributed by atoms with Crippen molar-refractivity contribution in [2.75, 3.05) is 13.1 Å². The van der Waals surface area contributed by atoms with E-state index in [-0.39, 0.29) is 10.8 Å². The summed E-state index contributed by atoms with van der Waals surface area (Å²) in [5, 5.41) is 0. The Kier molecular flexibility index (Phi) is 14.3. The molecule has 2 aliphatic rings. The highest BCUT2D eigenvalue weighted by Gasteiger charge is 2.44. The summed E-state index contributed by atoms with van der Waals surface area (Å²) < 4.78 is 0. The molecule has 54 heavy (non-hydrogen) atoms. The number of fused-ring (bicyclic) bond motifs is 6. The van der Waals surface area contributed by atoms with Gasteiger partial charge in [0, 0.05) is 10.8 Å². The van der Waals surface area contributed by atoms with Crippen molar-refractivity contribution in [1.29, 1.82) is 0 Å². The van der Waals surface area contributed by atoms with Crippen LogP contribution in [0.4, 0.5) is 0 Å². The van der Waals surface area contributed by atoms with Crippen LogP contribution in [0.2, 0.25) is 0 Å². The SMILES string of the molecule is CCCCCCC1(CCCCCC)c2cc(C)ccc2-c2ccc(-c3ccc4c(c3)C(CCCCCCN)(CCCCCCN)c3cc(C)ccc3-4)cc21.